The molecule has 13 heavy (non-hydrogen) atoms. The Morgan fingerprint density at radius 1 is 1.31 bits per heavy atom. The van der Waals surface area contributed by atoms with Crippen LogP contribution in [0.5, 0.6) is 0 Å². The number of phosphoric acid groups is 2. The molecule has 0 heterocycles. The maximum absolute atomic E-state index is 10.7. The van der Waals surface area contributed by atoms with Gasteiger partial charge in [0.25, 0.3) is 0 Å². The van der Waals surface area contributed by atoms with Gasteiger partial charge in [0, 0.05) is 6.54 Å². The highest BCUT2D eigenvalue weighted by Gasteiger charge is 2.31. The summed E-state index contributed by atoms with van der Waals surface area (Å²) >= 11 is 0. The average Bonchev–Trinajstić information content (AvgIpc) is 1.81. The number of hydrogen-bond donors (Lipinski definition) is 4. The quantitative estimate of drug-likeness (QED) is 0.356. The third-order valence-corrected chi connectivity index (χ3v) is 3.00. The molecular formula is C3H11NO7P2. The molecule has 10 heteroatoms. The molecule has 1 unspecified atom stereocenters. The van der Waals surface area contributed by atoms with Crippen molar-refractivity contribution in [1.29, 1.82) is 0 Å². The number of hydrogen-bond acceptors (Lipinski definition) is 5. The molecule has 80 valence electrons. The molecule has 0 aliphatic carbocycles. The van der Waals surface area contributed by atoms with Crippen molar-refractivity contribution in [2.45, 2.75) is 0 Å². The van der Waals surface area contributed by atoms with Crippen LogP contribution in [-0.2, 0) is 18.0 Å². The van der Waals surface area contributed by atoms with Crippen molar-refractivity contribution < 1.29 is 32.6 Å². The van der Waals surface area contributed by atoms with E-state index in [2.05, 4.69) is 14.2 Å². The molecule has 0 amide bonds. The largest absolute Gasteiger partial charge is 0.481 e. The number of nitrogens with one attached hydrogen (secondary N) is 1. The summed E-state index contributed by atoms with van der Waals surface area (Å²) < 4.78 is 28.5. The van der Waals surface area contributed by atoms with E-state index in [4.69, 9.17) is 14.7 Å². The monoisotopic (exact) mass is 235 g/mol. The zero-order valence-electron chi connectivity index (χ0n) is 6.78. The minimum Gasteiger partial charge on any atom is -0.317 e. The van der Waals surface area contributed by atoms with E-state index in [0.717, 1.165) is 0 Å². The van der Waals surface area contributed by atoms with Gasteiger partial charge in [-0.25, -0.2) is 9.13 Å². The molecular weight excluding hydrogens is 224 g/mol. The summed E-state index contributed by atoms with van der Waals surface area (Å²) in [7, 11) is -8.06. The summed E-state index contributed by atoms with van der Waals surface area (Å²) in [5, 5.41) is 2.60. The van der Waals surface area contributed by atoms with E-state index in [-0.39, 0.29) is 13.2 Å². The van der Waals surface area contributed by atoms with Gasteiger partial charge in [0.15, 0.2) is 0 Å². The van der Waals surface area contributed by atoms with Crippen LogP contribution in [0.4, 0.5) is 0 Å². The molecule has 0 saturated carbocycles. The lowest BCUT2D eigenvalue weighted by atomic mass is 10.7. The third-order valence-electron chi connectivity index (χ3n) is 0.816. The van der Waals surface area contributed by atoms with E-state index in [9.17, 15) is 9.13 Å². The molecule has 0 spiro atoms. The summed E-state index contributed by atoms with van der Waals surface area (Å²) in [6, 6.07) is 0. The summed E-state index contributed by atoms with van der Waals surface area (Å²) in [5.74, 6) is 0. The normalized spacial score (nSPS) is 16.9. The second kappa shape index (κ2) is 5.19. The summed E-state index contributed by atoms with van der Waals surface area (Å²) in [6.07, 6.45) is 0. The van der Waals surface area contributed by atoms with Crippen molar-refractivity contribution in [3.63, 3.8) is 0 Å². The van der Waals surface area contributed by atoms with Crippen LogP contribution in [0, 0.1) is 0 Å². The SMILES string of the molecule is CNCCOP(=O)(O)OP(=O)(O)O. The predicted octanol–water partition coefficient (Wildman–Crippen LogP) is -0.568. The molecule has 0 bridgehead atoms. The first-order valence-corrected chi connectivity index (χ1v) is 6.18. The third kappa shape index (κ3) is 8.55. The van der Waals surface area contributed by atoms with Gasteiger partial charge in [0.1, 0.15) is 0 Å². The number of phosphoric ester groups is 1. The molecule has 0 rings (SSSR count). The lowest BCUT2D eigenvalue weighted by molar-refractivity contribution is 0.179. The summed E-state index contributed by atoms with van der Waals surface area (Å²) in [5.41, 5.74) is 0. The van der Waals surface area contributed by atoms with Crippen LogP contribution in [-0.4, -0.2) is 34.9 Å². The maximum atomic E-state index is 10.7. The van der Waals surface area contributed by atoms with Crippen LogP contribution in [0.1, 0.15) is 0 Å². The first kappa shape index (κ1) is 13.2. The van der Waals surface area contributed by atoms with Crippen molar-refractivity contribution >= 4 is 15.6 Å². The molecule has 0 saturated heterocycles. The Morgan fingerprint density at radius 2 is 1.85 bits per heavy atom. The second-order valence-electron chi connectivity index (χ2n) is 1.98. The summed E-state index contributed by atoms with van der Waals surface area (Å²) in [4.78, 5) is 25.0. The van der Waals surface area contributed by atoms with Gasteiger partial charge in [0.2, 0.25) is 0 Å². The molecule has 8 nitrogen and oxygen atoms in total. The zero-order valence-corrected chi connectivity index (χ0v) is 8.57. The highest BCUT2D eigenvalue weighted by Crippen LogP contribution is 2.57. The van der Waals surface area contributed by atoms with Crippen LogP contribution in [0.25, 0.3) is 0 Å². The molecule has 0 aromatic heterocycles. The minimum atomic E-state index is -4.99. The average molecular weight is 235 g/mol. The Bertz CT molecular complexity index is 236. The molecule has 0 aliphatic rings. The van der Waals surface area contributed by atoms with Crippen molar-refractivity contribution in [3.8, 4) is 0 Å². The van der Waals surface area contributed by atoms with Crippen molar-refractivity contribution in [2.24, 2.45) is 0 Å². The standard InChI is InChI=1S/C3H11NO7P2/c1-4-2-3-10-13(8,9)11-12(5,6)7/h4H,2-3H2,1H3,(H,8,9)(H2,5,6,7). The van der Waals surface area contributed by atoms with Gasteiger partial charge < -0.3 is 20.0 Å². The Morgan fingerprint density at radius 3 is 2.23 bits per heavy atom. The van der Waals surface area contributed by atoms with E-state index in [1.807, 2.05) is 0 Å². The van der Waals surface area contributed by atoms with Crippen molar-refractivity contribution in [2.75, 3.05) is 20.2 Å². The van der Waals surface area contributed by atoms with Gasteiger partial charge in [-0.15, -0.1) is 0 Å². The molecule has 0 aromatic carbocycles. The Hall–Kier alpha value is 0.220. The van der Waals surface area contributed by atoms with Crippen LogP contribution < -0.4 is 5.32 Å². The van der Waals surface area contributed by atoms with Crippen LogP contribution >= 0.6 is 15.6 Å². The van der Waals surface area contributed by atoms with E-state index < -0.39 is 15.6 Å². The van der Waals surface area contributed by atoms with E-state index in [1.54, 1.807) is 7.05 Å². The molecule has 0 aliphatic heterocycles. The minimum absolute atomic E-state index is 0.190. The first-order chi connectivity index (χ1) is 5.77. The molecule has 1 atom stereocenters. The zero-order chi connectivity index (χ0) is 10.5. The van der Waals surface area contributed by atoms with E-state index in [1.165, 1.54) is 0 Å². The Kier molecular flexibility index (Phi) is 5.28. The smallest absolute Gasteiger partial charge is 0.317 e. The first-order valence-electron chi connectivity index (χ1n) is 3.16. The van der Waals surface area contributed by atoms with Gasteiger partial charge in [-0.3, -0.25) is 4.52 Å². The number of rotatable bonds is 6. The fourth-order valence-electron chi connectivity index (χ4n) is 0.421. The Balaban J connectivity index is 3.95. The van der Waals surface area contributed by atoms with E-state index in [0.29, 0.717) is 0 Å². The van der Waals surface area contributed by atoms with Gasteiger partial charge in [0.05, 0.1) is 6.61 Å². The number of likely N-dealkylation sites (N-methyl/N-ethyl adjacent to an activating group) is 1. The lowest BCUT2D eigenvalue weighted by Gasteiger charge is -2.11. The van der Waals surface area contributed by atoms with Gasteiger partial charge >= 0.3 is 15.6 Å². The lowest BCUT2D eigenvalue weighted by Crippen LogP contribution is -2.13. The van der Waals surface area contributed by atoms with Crippen LogP contribution in [0.2, 0.25) is 0 Å². The van der Waals surface area contributed by atoms with Crippen molar-refractivity contribution in [3.05, 3.63) is 0 Å². The van der Waals surface area contributed by atoms with Gasteiger partial charge in [-0.05, 0) is 7.05 Å². The maximum Gasteiger partial charge on any atom is 0.481 e. The second-order valence-corrected chi connectivity index (χ2v) is 4.81. The highest BCUT2D eigenvalue weighted by molar-refractivity contribution is 7.60. The molecule has 4 N–H and O–H groups in total. The fraction of sp³-hybridized carbons (Fsp3) is 1.00. The summed E-state index contributed by atoms with van der Waals surface area (Å²) in [6.45, 7) is 0.0688. The van der Waals surface area contributed by atoms with E-state index >= 15 is 0 Å². The van der Waals surface area contributed by atoms with Gasteiger partial charge in [-0.2, -0.15) is 4.31 Å². The van der Waals surface area contributed by atoms with Gasteiger partial charge in [-0.1, -0.05) is 0 Å². The topological polar surface area (TPSA) is 125 Å². The fourth-order valence-corrected chi connectivity index (χ4v) is 2.01. The van der Waals surface area contributed by atoms with Crippen LogP contribution in [0.15, 0.2) is 0 Å². The Labute approximate surface area is 74.7 Å². The van der Waals surface area contributed by atoms with Crippen molar-refractivity contribution in [1.82, 2.24) is 5.32 Å². The molecule has 0 fully saturated rings. The van der Waals surface area contributed by atoms with Crippen LogP contribution in [0.3, 0.4) is 0 Å². The highest BCUT2D eigenvalue weighted by atomic mass is 31.3. The molecule has 0 radical (unpaired) electrons. The predicted molar refractivity (Wildman–Crippen MR) is 42.8 cm³/mol. The molecule has 0 aromatic rings.